The molecule has 84 valence electrons. The summed E-state index contributed by atoms with van der Waals surface area (Å²) in [4.78, 5) is 4.41. The second-order valence-corrected chi connectivity index (χ2v) is 3.27. The van der Waals surface area contributed by atoms with Crippen molar-refractivity contribution in [1.29, 1.82) is 0 Å². The third-order valence-corrected chi connectivity index (χ3v) is 2.07. The molecule has 0 saturated carbocycles. The summed E-state index contributed by atoms with van der Waals surface area (Å²) in [5.41, 5.74) is 1.94. The molecule has 4 heteroatoms. The summed E-state index contributed by atoms with van der Waals surface area (Å²) in [6.07, 6.45) is 0. The van der Waals surface area contributed by atoms with E-state index in [0.717, 1.165) is 23.7 Å². The highest BCUT2D eigenvalue weighted by Crippen LogP contribution is 2.15. The highest BCUT2D eigenvalue weighted by molar-refractivity contribution is 5.28. The third-order valence-electron chi connectivity index (χ3n) is 2.07. The zero-order chi connectivity index (χ0) is 11.1. The van der Waals surface area contributed by atoms with E-state index in [-0.39, 0.29) is 0 Å². The zero-order valence-corrected chi connectivity index (χ0v) is 9.54. The Labute approximate surface area is 90.6 Å². The average molecular weight is 210 g/mol. The smallest absolute Gasteiger partial charge is 0.141 e. The number of rotatable bonds is 6. The van der Waals surface area contributed by atoms with Crippen LogP contribution >= 0.6 is 0 Å². The van der Waals surface area contributed by atoms with Crippen LogP contribution in [0, 0.1) is 6.92 Å². The second-order valence-electron chi connectivity index (χ2n) is 3.27. The molecule has 1 rings (SSSR count). The first-order chi connectivity index (χ1) is 7.27. The van der Waals surface area contributed by atoms with Crippen molar-refractivity contribution >= 4 is 0 Å². The molecule has 0 aliphatic carbocycles. The maximum atomic E-state index is 5.22. The van der Waals surface area contributed by atoms with E-state index in [2.05, 4.69) is 10.3 Å². The van der Waals surface area contributed by atoms with Crippen LogP contribution in [0.4, 0.5) is 0 Å². The molecule has 0 amide bonds. The van der Waals surface area contributed by atoms with Gasteiger partial charge in [0.1, 0.15) is 5.75 Å². The number of hydrogen-bond donors (Lipinski definition) is 1. The van der Waals surface area contributed by atoms with E-state index >= 15 is 0 Å². The summed E-state index contributed by atoms with van der Waals surface area (Å²) in [6, 6.07) is 3.88. The van der Waals surface area contributed by atoms with Crippen molar-refractivity contribution in [3.8, 4) is 5.75 Å². The number of aromatic nitrogens is 1. The topological polar surface area (TPSA) is 43.4 Å². The summed E-state index contributed by atoms with van der Waals surface area (Å²) >= 11 is 0. The van der Waals surface area contributed by atoms with E-state index in [9.17, 15) is 0 Å². The summed E-state index contributed by atoms with van der Waals surface area (Å²) < 4.78 is 10.2. The molecule has 0 unspecified atom stereocenters. The minimum Gasteiger partial charge on any atom is -0.495 e. The van der Waals surface area contributed by atoms with Gasteiger partial charge in [-0.2, -0.15) is 0 Å². The predicted octanol–water partition coefficient (Wildman–Crippen LogP) is 1.13. The SMILES string of the molecule is COCCNCc1nc(C)ccc1OC. The van der Waals surface area contributed by atoms with Crippen LogP contribution in [-0.4, -0.2) is 32.4 Å². The lowest BCUT2D eigenvalue weighted by Gasteiger charge is -2.09. The summed E-state index contributed by atoms with van der Waals surface area (Å²) in [6.45, 7) is 4.19. The average Bonchev–Trinajstić information content (AvgIpc) is 2.25. The zero-order valence-electron chi connectivity index (χ0n) is 9.54. The van der Waals surface area contributed by atoms with Crippen molar-refractivity contribution in [1.82, 2.24) is 10.3 Å². The molecule has 0 aromatic carbocycles. The van der Waals surface area contributed by atoms with Crippen LogP contribution in [0.25, 0.3) is 0 Å². The van der Waals surface area contributed by atoms with Gasteiger partial charge in [-0.15, -0.1) is 0 Å². The number of nitrogens with zero attached hydrogens (tertiary/aromatic N) is 1. The minimum atomic E-state index is 0.703. The molecule has 0 aliphatic rings. The Kier molecular flexibility index (Phi) is 5.07. The molecule has 1 N–H and O–H groups in total. The van der Waals surface area contributed by atoms with E-state index in [0.29, 0.717) is 13.2 Å². The monoisotopic (exact) mass is 210 g/mol. The Morgan fingerprint density at radius 2 is 2.13 bits per heavy atom. The molecule has 0 bridgehead atoms. The Balaban J connectivity index is 2.54. The van der Waals surface area contributed by atoms with Crippen LogP contribution in [0.15, 0.2) is 12.1 Å². The van der Waals surface area contributed by atoms with Gasteiger partial charge < -0.3 is 14.8 Å². The third kappa shape index (κ3) is 3.85. The first-order valence-electron chi connectivity index (χ1n) is 4.98. The Morgan fingerprint density at radius 1 is 1.33 bits per heavy atom. The van der Waals surface area contributed by atoms with Gasteiger partial charge in [0.25, 0.3) is 0 Å². The summed E-state index contributed by atoms with van der Waals surface area (Å²) in [7, 11) is 3.35. The first kappa shape index (κ1) is 11.9. The highest BCUT2D eigenvalue weighted by atomic mass is 16.5. The van der Waals surface area contributed by atoms with Crippen LogP contribution in [-0.2, 0) is 11.3 Å². The van der Waals surface area contributed by atoms with Crippen molar-refractivity contribution in [3.63, 3.8) is 0 Å². The van der Waals surface area contributed by atoms with Gasteiger partial charge in [0.05, 0.1) is 19.4 Å². The molecule has 0 atom stereocenters. The minimum absolute atomic E-state index is 0.703. The fraction of sp³-hybridized carbons (Fsp3) is 0.545. The van der Waals surface area contributed by atoms with Crippen molar-refractivity contribution in [2.45, 2.75) is 13.5 Å². The van der Waals surface area contributed by atoms with Gasteiger partial charge in [0.2, 0.25) is 0 Å². The number of pyridine rings is 1. The standard InChI is InChI=1S/C11H18N2O2/c1-9-4-5-11(15-3)10(13-9)8-12-6-7-14-2/h4-5,12H,6-8H2,1-3H3. The van der Waals surface area contributed by atoms with Crippen LogP contribution in [0.1, 0.15) is 11.4 Å². The quantitative estimate of drug-likeness (QED) is 0.715. The molecule has 0 aliphatic heterocycles. The molecule has 1 heterocycles. The van der Waals surface area contributed by atoms with Gasteiger partial charge in [-0.05, 0) is 19.1 Å². The van der Waals surface area contributed by atoms with Crippen LogP contribution in [0.5, 0.6) is 5.75 Å². The van der Waals surface area contributed by atoms with Crippen LogP contribution < -0.4 is 10.1 Å². The lowest BCUT2D eigenvalue weighted by atomic mass is 10.3. The molecule has 0 radical (unpaired) electrons. The van der Waals surface area contributed by atoms with Gasteiger partial charge in [0, 0.05) is 25.9 Å². The van der Waals surface area contributed by atoms with Crippen LogP contribution in [0.2, 0.25) is 0 Å². The molecular weight excluding hydrogens is 192 g/mol. The first-order valence-corrected chi connectivity index (χ1v) is 4.98. The van der Waals surface area contributed by atoms with Gasteiger partial charge in [-0.3, -0.25) is 4.98 Å². The number of ether oxygens (including phenoxy) is 2. The highest BCUT2D eigenvalue weighted by Gasteiger charge is 2.03. The molecule has 15 heavy (non-hydrogen) atoms. The van der Waals surface area contributed by atoms with E-state index in [1.807, 2.05) is 19.1 Å². The number of nitrogens with one attached hydrogen (secondary N) is 1. The van der Waals surface area contributed by atoms with Crippen LogP contribution in [0.3, 0.4) is 0 Å². The normalized spacial score (nSPS) is 10.3. The predicted molar refractivity (Wildman–Crippen MR) is 59.1 cm³/mol. The second kappa shape index (κ2) is 6.37. The van der Waals surface area contributed by atoms with Gasteiger partial charge in [-0.1, -0.05) is 0 Å². The molecule has 4 nitrogen and oxygen atoms in total. The van der Waals surface area contributed by atoms with E-state index in [1.54, 1.807) is 14.2 Å². The molecule has 0 spiro atoms. The largest absolute Gasteiger partial charge is 0.495 e. The molecule has 0 saturated heterocycles. The fourth-order valence-electron chi connectivity index (χ4n) is 1.29. The van der Waals surface area contributed by atoms with Crippen molar-refractivity contribution < 1.29 is 9.47 Å². The maximum absolute atomic E-state index is 5.22. The lowest BCUT2D eigenvalue weighted by Crippen LogP contribution is -2.19. The number of methoxy groups -OCH3 is 2. The van der Waals surface area contributed by atoms with Crippen molar-refractivity contribution in [2.75, 3.05) is 27.4 Å². The molecule has 1 aromatic rings. The maximum Gasteiger partial charge on any atom is 0.141 e. The van der Waals surface area contributed by atoms with Gasteiger partial charge in [0.15, 0.2) is 0 Å². The fourth-order valence-corrected chi connectivity index (χ4v) is 1.29. The lowest BCUT2D eigenvalue weighted by molar-refractivity contribution is 0.199. The van der Waals surface area contributed by atoms with Crippen molar-refractivity contribution in [3.05, 3.63) is 23.5 Å². The molecule has 0 fully saturated rings. The molecular formula is C11H18N2O2. The van der Waals surface area contributed by atoms with E-state index < -0.39 is 0 Å². The Hall–Kier alpha value is -1.13. The molecule has 1 aromatic heterocycles. The van der Waals surface area contributed by atoms with Gasteiger partial charge in [-0.25, -0.2) is 0 Å². The Morgan fingerprint density at radius 3 is 2.80 bits per heavy atom. The van der Waals surface area contributed by atoms with Gasteiger partial charge >= 0.3 is 0 Å². The number of aryl methyl sites for hydroxylation is 1. The number of hydrogen-bond acceptors (Lipinski definition) is 4. The van der Waals surface area contributed by atoms with E-state index in [4.69, 9.17) is 9.47 Å². The summed E-state index contributed by atoms with van der Waals surface area (Å²) in [5.74, 6) is 0.825. The summed E-state index contributed by atoms with van der Waals surface area (Å²) in [5, 5.41) is 3.24. The van der Waals surface area contributed by atoms with E-state index in [1.165, 1.54) is 0 Å². The van der Waals surface area contributed by atoms with Crippen molar-refractivity contribution in [2.24, 2.45) is 0 Å². The Bertz CT molecular complexity index is 303.